The molecule has 3 heteroatoms. The van der Waals surface area contributed by atoms with Gasteiger partial charge < -0.3 is 10.2 Å². The summed E-state index contributed by atoms with van der Waals surface area (Å²) in [4.78, 5) is 13.4. The molecule has 0 aliphatic heterocycles. The number of anilines is 1. The van der Waals surface area contributed by atoms with Crippen molar-refractivity contribution in [1.29, 1.82) is 0 Å². The van der Waals surface area contributed by atoms with Crippen LogP contribution in [0.3, 0.4) is 0 Å². The Bertz CT molecular complexity index is 588. The van der Waals surface area contributed by atoms with Crippen molar-refractivity contribution < 1.29 is 4.79 Å². The molecule has 0 bridgehead atoms. The van der Waals surface area contributed by atoms with Crippen molar-refractivity contribution in [3.8, 4) is 0 Å². The van der Waals surface area contributed by atoms with Gasteiger partial charge in [-0.15, -0.1) is 0 Å². The number of carbonyl (C=O) groups excluding carboxylic acids is 1. The van der Waals surface area contributed by atoms with Crippen LogP contribution in [0.25, 0.3) is 0 Å². The summed E-state index contributed by atoms with van der Waals surface area (Å²) in [6, 6.07) is 15.9. The Morgan fingerprint density at radius 1 is 1.05 bits per heavy atom. The van der Waals surface area contributed by atoms with Crippen molar-refractivity contribution in [2.24, 2.45) is 0 Å². The van der Waals surface area contributed by atoms with Crippen LogP contribution in [-0.4, -0.2) is 24.9 Å². The number of carbonyl (C=O) groups is 1. The fourth-order valence-electron chi connectivity index (χ4n) is 1.99. The molecule has 3 nitrogen and oxygen atoms in total. The van der Waals surface area contributed by atoms with Crippen molar-refractivity contribution in [2.75, 3.05) is 19.4 Å². The summed E-state index contributed by atoms with van der Waals surface area (Å²) in [6.45, 7) is 2.89. The summed E-state index contributed by atoms with van der Waals surface area (Å²) < 4.78 is 0. The van der Waals surface area contributed by atoms with Crippen molar-refractivity contribution in [3.05, 3.63) is 65.2 Å². The van der Waals surface area contributed by atoms with E-state index in [0.717, 1.165) is 12.2 Å². The van der Waals surface area contributed by atoms with Gasteiger partial charge in [-0.25, -0.2) is 0 Å². The molecule has 1 amide bonds. The molecule has 0 fully saturated rings. The Kier molecular flexibility index (Phi) is 4.41. The van der Waals surface area contributed by atoms with Crippen molar-refractivity contribution in [1.82, 2.24) is 4.90 Å². The van der Waals surface area contributed by atoms with E-state index in [9.17, 15) is 4.79 Å². The van der Waals surface area contributed by atoms with Crippen LogP contribution < -0.4 is 5.32 Å². The fourth-order valence-corrected chi connectivity index (χ4v) is 1.99. The minimum absolute atomic E-state index is 0.0236. The summed E-state index contributed by atoms with van der Waals surface area (Å²) in [6.07, 6.45) is 0. The zero-order valence-electron chi connectivity index (χ0n) is 12.2. The molecule has 2 aromatic rings. The van der Waals surface area contributed by atoms with Crippen LogP contribution in [-0.2, 0) is 6.54 Å². The average molecular weight is 268 g/mol. The Labute approximate surface area is 120 Å². The van der Waals surface area contributed by atoms with E-state index in [4.69, 9.17) is 0 Å². The molecule has 0 aliphatic carbocycles. The van der Waals surface area contributed by atoms with E-state index in [1.54, 1.807) is 19.0 Å². The third-order valence-corrected chi connectivity index (χ3v) is 3.28. The van der Waals surface area contributed by atoms with E-state index >= 15 is 0 Å². The molecule has 20 heavy (non-hydrogen) atoms. The van der Waals surface area contributed by atoms with Crippen LogP contribution in [0, 0.1) is 6.92 Å². The third kappa shape index (κ3) is 3.38. The van der Waals surface area contributed by atoms with Gasteiger partial charge in [0.05, 0.1) is 0 Å². The second kappa shape index (κ2) is 6.24. The zero-order valence-corrected chi connectivity index (χ0v) is 12.2. The van der Waals surface area contributed by atoms with E-state index in [2.05, 4.69) is 24.4 Å². The molecule has 2 rings (SSSR count). The van der Waals surface area contributed by atoms with Crippen LogP contribution in [0.1, 0.15) is 21.5 Å². The summed E-state index contributed by atoms with van der Waals surface area (Å²) in [5, 5.41) is 3.37. The molecule has 0 aromatic heterocycles. The van der Waals surface area contributed by atoms with Gasteiger partial charge >= 0.3 is 0 Å². The first-order valence-corrected chi connectivity index (χ1v) is 6.68. The number of benzene rings is 2. The van der Waals surface area contributed by atoms with E-state index in [1.807, 2.05) is 36.4 Å². The summed E-state index contributed by atoms with van der Waals surface area (Å²) >= 11 is 0. The standard InChI is InChI=1S/C17H20N2O/c1-13-6-4-5-7-15(13)12-18-16-10-8-14(9-11-16)17(20)19(2)3/h4-11,18H,12H2,1-3H3. The number of nitrogens with one attached hydrogen (secondary N) is 1. The van der Waals surface area contributed by atoms with Gasteiger partial charge in [-0.1, -0.05) is 24.3 Å². The Morgan fingerprint density at radius 2 is 1.70 bits per heavy atom. The molecule has 104 valence electrons. The molecule has 0 heterocycles. The maximum absolute atomic E-state index is 11.8. The normalized spacial score (nSPS) is 10.2. The van der Waals surface area contributed by atoms with Gasteiger partial charge in [-0.3, -0.25) is 4.79 Å². The van der Waals surface area contributed by atoms with Gasteiger partial charge in [-0.2, -0.15) is 0 Å². The minimum Gasteiger partial charge on any atom is -0.381 e. The maximum Gasteiger partial charge on any atom is 0.253 e. The van der Waals surface area contributed by atoms with Crippen molar-refractivity contribution >= 4 is 11.6 Å². The van der Waals surface area contributed by atoms with E-state index in [0.29, 0.717) is 5.56 Å². The highest BCUT2D eigenvalue weighted by atomic mass is 16.2. The lowest BCUT2D eigenvalue weighted by Crippen LogP contribution is -2.21. The lowest BCUT2D eigenvalue weighted by atomic mass is 10.1. The highest BCUT2D eigenvalue weighted by Gasteiger charge is 2.07. The maximum atomic E-state index is 11.8. The molecular formula is C17H20N2O. The largest absolute Gasteiger partial charge is 0.381 e. The number of nitrogens with zero attached hydrogens (tertiary/aromatic N) is 1. The monoisotopic (exact) mass is 268 g/mol. The Morgan fingerprint density at radius 3 is 2.30 bits per heavy atom. The number of rotatable bonds is 4. The molecule has 0 saturated heterocycles. The SMILES string of the molecule is Cc1ccccc1CNc1ccc(C(=O)N(C)C)cc1. The Hall–Kier alpha value is -2.29. The number of hydrogen-bond acceptors (Lipinski definition) is 2. The van der Waals surface area contributed by atoms with Crippen molar-refractivity contribution in [3.63, 3.8) is 0 Å². The first-order valence-electron chi connectivity index (χ1n) is 6.68. The molecule has 0 unspecified atom stereocenters. The predicted molar refractivity (Wildman–Crippen MR) is 83.0 cm³/mol. The molecular weight excluding hydrogens is 248 g/mol. The molecule has 1 N–H and O–H groups in total. The molecule has 0 radical (unpaired) electrons. The third-order valence-electron chi connectivity index (χ3n) is 3.28. The molecule has 0 spiro atoms. The highest BCUT2D eigenvalue weighted by molar-refractivity contribution is 5.94. The molecule has 0 atom stereocenters. The van der Waals surface area contributed by atoms with Crippen LogP contribution in [0.15, 0.2) is 48.5 Å². The molecule has 2 aromatic carbocycles. The van der Waals surface area contributed by atoms with Crippen LogP contribution in [0.2, 0.25) is 0 Å². The lowest BCUT2D eigenvalue weighted by Gasteiger charge is -2.12. The second-order valence-corrected chi connectivity index (χ2v) is 5.06. The number of hydrogen-bond donors (Lipinski definition) is 1. The van der Waals surface area contributed by atoms with Crippen LogP contribution in [0.5, 0.6) is 0 Å². The first kappa shape index (κ1) is 14.1. The zero-order chi connectivity index (χ0) is 14.5. The Balaban J connectivity index is 2.01. The van der Waals surface area contributed by atoms with Gasteiger partial charge in [0.25, 0.3) is 5.91 Å². The minimum atomic E-state index is 0.0236. The molecule has 0 aliphatic rings. The summed E-state index contributed by atoms with van der Waals surface area (Å²) in [5.74, 6) is 0.0236. The predicted octanol–water partition coefficient (Wildman–Crippen LogP) is 3.31. The van der Waals surface area contributed by atoms with Gasteiger partial charge in [0.1, 0.15) is 0 Å². The smallest absolute Gasteiger partial charge is 0.253 e. The lowest BCUT2D eigenvalue weighted by molar-refractivity contribution is 0.0827. The summed E-state index contributed by atoms with van der Waals surface area (Å²) in [5.41, 5.74) is 4.28. The topological polar surface area (TPSA) is 32.3 Å². The van der Waals surface area contributed by atoms with Gasteiger partial charge in [-0.05, 0) is 42.3 Å². The van der Waals surface area contributed by atoms with Gasteiger partial charge in [0.15, 0.2) is 0 Å². The van der Waals surface area contributed by atoms with E-state index < -0.39 is 0 Å². The highest BCUT2D eigenvalue weighted by Crippen LogP contribution is 2.14. The van der Waals surface area contributed by atoms with E-state index in [-0.39, 0.29) is 5.91 Å². The number of aryl methyl sites for hydroxylation is 1. The fraction of sp³-hybridized carbons (Fsp3) is 0.235. The van der Waals surface area contributed by atoms with E-state index in [1.165, 1.54) is 11.1 Å². The van der Waals surface area contributed by atoms with Crippen molar-refractivity contribution in [2.45, 2.75) is 13.5 Å². The molecule has 0 saturated carbocycles. The first-order chi connectivity index (χ1) is 9.58. The second-order valence-electron chi connectivity index (χ2n) is 5.06. The van der Waals surface area contributed by atoms with Crippen LogP contribution >= 0.6 is 0 Å². The number of amides is 1. The average Bonchev–Trinajstić information content (AvgIpc) is 2.46. The summed E-state index contributed by atoms with van der Waals surface area (Å²) in [7, 11) is 3.51. The van der Waals surface area contributed by atoms with Gasteiger partial charge in [0, 0.05) is 31.9 Å². The van der Waals surface area contributed by atoms with Gasteiger partial charge in [0.2, 0.25) is 0 Å². The van der Waals surface area contributed by atoms with Crippen LogP contribution in [0.4, 0.5) is 5.69 Å². The quantitative estimate of drug-likeness (QED) is 0.922.